The van der Waals surface area contributed by atoms with Gasteiger partial charge in [-0.1, -0.05) is 75.5 Å². The predicted molar refractivity (Wildman–Crippen MR) is 115 cm³/mol. The van der Waals surface area contributed by atoms with Gasteiger partial charge in [0.25, 0.3) is 0 Å². The molecule has 0 aromatic carbocycles. The molecule has 0 saturated heterocycles. The molecule has 0 aliphatic heterocycles. The van der Waals surface area contributed by atoms with Crippen LogP contribution in [0.5, 0.6) is 0 Å². The molecular weight excluding hydrogens is 320 g/mol. The van der Waals surface area contributed by atoms with Crippen LogP contribution in [0.15, 0.2) is 36.5 Å². The Labute approximate surface area is 162 Å². The van der Waals surface area contributed by atoms with Crippen molar-refractivity contribution in [1.29, 1.82) is 0 Å². The van der Waals surface area contributed by atoms with Crippen molar-refractivity contribution in [2.75, 3.05) is 0 Å². The SMILES string of the molecule is CCCCCCC=CCCCCCCC=CCCC=CCCCC(=O)O. The minimum Gasteiger partial charge on any atom is -0.481 e. The average molecular weight is 363 g/mol. The standard InChI is InChI=1S/C24H42O2/c1-2-3-4-5-6-7-8-9-10-11-12-13-14-15-16-17-18-19-20-21-22-23-24(25)26/h7-8,15-16,19-20H,2-6,9-14,17-18,21-23H2,1H3,(H,25,26). The highest BCUT2D eigenvalue weighted by Crippen LogP contribution is 2.08. The minimum absolute atomic E-state index is 0.277. The molecule has 0 amide bonds. The molecule has 26 heavy (non-hydrogen) atoms. The summed E-state index contributed by atoms with van der Waals surface area (Å²) in [4.78, 5) is 10.4. The highest BCUT2D eigenvalue weighted by Gasteiger charge is 1.93. The summed E-state index contributed by atoms with van der Waals surface area (Å²) >= 11 is 0. The van der Waals surface area contributed by atoms with Crippen molar-refractivity contribution in [3.63, 3.8) is 0 Å². The van der Waals surface area contributed by atoms with Crippen LogP contribution in [-0.4, -0.2) is 11.1 Å². The Balaban J connectivity index is 3.22. The van der Waals surface area contributed by atoms with E-state index in [1.807, 2.05) is 0 Å². The Morgan fingerprint density at radius 1 is 0.577 bits per heavy atom. The summed E-state index contributed by atoms with van der Waals surface area (Å²) in [6.45, 7) is 2.26. The fourth-order valence-corrected chi connectivity index (χ4v) is 2.84. The highest BCUT2D eigenvalue weighted by atomic mass is 16.4. The second-order valence-electron chi connectivity index (χ2n) is 7.12. The van der Waals surface area contributed by atoms with E-state index in [4.69, 9.17) is 5.11 Å². The van der Waals surface area contributed by atoms with Crippen LogP contribution in [0, 0.1) is 0 Å². The summed E-state index contributed by atoms with van der Waals surface area (Å²) in [6.07, 6.45) is 32.2. The first-order chi connectivity index (χ1) is 12.8. The molecule has 0 aliphatic carbocycles. The molecule has 0 radical (unpaired) electrons. The molecular formula is C24H42O2. The summed E-state index contributed by atoms with van der Waals surface area (Å²) in [7, 11) is 0. The molecule has 1 N–H and O–H groups in total. The maximum absolute atomic E-state index is 10.4. The molecule has 0 heterocycles. The number of unbranched alkanes of at least 4 members (excludes halogenated alkanes) is 11. The van der Waals surface area contributed by atoms with Gasteiger partial charge >= 0.3 is 5.97 Å². The van der Waals surface area contributed by atoms with Gasteiger partial charge in [0.15, 0.2) is 0 Å². The maximum atomic E-state index is 10.4. The smallest absolute Gasteiger partial charge is 0.303 e. The Morgan fingerprint density at radius 2 is 0.962 bits per heavy atom. The fraction of sp³-hybridized carbons (Fsp3) is 0.708. The molecule has 0 aromatic heterocycles. The highest BCUT2D eigenvalue weighted by molar-refractivity contribution is 5.66. The molecule has 0 spiro atoms. The van der Waals surface area contributed by atoms with E-state index in [-0.39, 0.29) is 6.42 Å². The Hall–Kier alpha value is -1.31. The van der Waals surface area contributed by atoms with Crippen LogP contribution < -0.4 is 0 Å². The van der Waals surface area contributed by atoms with Crippen LogP contribution in [0.3, 0.4) is 0 Å². The minimum atomic E-state index is -0.699. The normalized spacial score (nSPS) is 12.0. The van der Waals surface area contributed by atoms with Crippen molar-refractivity contribution in [3.05, 3.63) is 36.5 Å². The van der Waals surface area contributed by atoms with Gasteiger partial charge in [-0.05, 0) is 64.2 Å². The zero-order valence-corrected chi connectivity index (χ0v) is 17.1. The molecule has 2 heteroatoms. The second kappa shape index (κ2) is 21.7. The second-order valence-corrected chi connectivity index (χ2v) is 7.12. The maximum Gasteiger partial charge on any atom is 0.303 e. The number of hydrogen-bond donors (Lipinski definition) is 1. The van der Waals surface area contributed by atoms with E-state index in [9.17, 15) is 4.79 Å². The summed E-state index contributed by atoms with van der Waals surface area (Å²) in [5.74, 6) is -0.699. The lowest BCUT2D eigenvalue weighted by atomic mass is 10.1. The van der Waals surface area contributed by atoms with Gasteiger partial charge in [0.05, 0.1) is 0 Å². The van der Waals surface area contributed by atoms with E-state index in [0.29, 0.717) is 0 Å². The molecule has 0 aliphatic rings. The summed E-state index contributed by atoms with van der Waals surface area (Å²) in [5.41, 5.74) is 0. The van der Waals surface area contributed by atoms with E-state index < -0.39 is 5.97 Å². The van der Waals surface area contributed by atoms with Gasteiger partial charge in [-0.3, -0.25) is 4.79 Å². The Morgan fingerprint density at radius 3 is 1.38 bits per heavy atom. The third-order valence-electron chi connectivity index (χ3n) is 4.48. The van der Waals surface area contributed by atoms with E-state index in [2.05, 4.69) is 43.4 Å². The number of aliphatic carboxylic acids is 1. The van der Waals surface area contributed by atoms with E-state index in [1.165, 1.54) is 70.6 Å². The van der Waals surface area contributed by atoms with Crippen LogP contribution in [0.4, 0.5) is 0 Å². The first-order valence-corrected chi connectivity index (χ1v) is 10.9. The topological polar surface area (TPSA) is 37.3 Å². The molecule has 0 saturated carbocycles. The van der Waals surface area contributed by atoms with Crippen molar-refractivity contribution in [1.82, 2.24) is 0 Å². The van der Waals surface area contributed by atoms with E-state index in [0.717, 1.165) is 25.7 Å². The lowest BCUT2D eigenvalue weighted by Crippen LogP contribution is -1.92. The lowest BCUT2D eigenvalue weighted by Gasteiger charge is -1.97. The average Bonchev–Trinajstić information content (AvgIpc) is 2.62. The van der Waals surface area contributed by atoms with Gasteiger partial charge in [0.2, 0.25) is 0 Å². The summed E-state index contributed by atoms with van der Waals surface area (Å²) in [5, 5.41) is 8.54. The molecule has 0 bridgehead atoms. The summed E-state index contributed by atoms with van der Waals surface area (Å²) in [6, 6.07) is 0. The molecule has 0 fully saturated rings. The third-order valence-corrected chi connectivity index (χ3v) is 4.48. The zero-order chi connectivity index (χ0) is 19.1. The van der Waals surface area contributed by atoms with Crippen LogP contribution in [-0.2, 0) is 4.79 Å². The lowest BCUT2D eigenvalue weighted by molar-refractivity contribution is -0.137. The largest absolute Gasteiger partial charge is 0.481 e. The van der Waals surface area contributed by atoms with Gasteiger partial charge in [-0.25, -0.2) is 0 Å². The van der Waals surface area contributed by atoms with Crippen molar-refractivity contribution in [3.8, 4) is 0 Å². The number of rotatable bonds is 19. The fourth-order valence-electron chi connectivity index (χ4n) is 2.84. The number of carboxylic acids is 1. The van der Waals surface area contributed by atoms with Crippen molar-refractivity contribution in [2.24, 2.45) is 0 Å². The Bertz CT molecular complexity index is 380. The first kappa shape index (κ1) is 24.7. The van der Waals surface area contributed by atoms with Crippen LogP contribution in [0.1, 0.15) is 110 Å². The molecule has 0 aromatic rings. The van der Waals surface area contributed by atoms with Crippen LogP contribution in [0.25, 0.3) is 0 Å². The van der Waals surface area contributed by atoms with Gasteiger partial charge in [0.1, 0.15) is 0 Å². The van der Waals surface area contributed by atoms with Crippen molar-refractivity contribution in [2.45, 2.75) is 110 Å². The third kappa shape index (κ3) is 22.7. The van der Waals surface area contributed by atoms with Gasteiger partial charge in [-0.2, -0.15) is 0 Å². The number of allylic oxidation sites excluding steroid dienone is 6. The van der Waals surface area contributed by atoms with Crippen LogP contribution >= 0.6 is 0 Å². The molecule has 0 atom stereocenters. The zero-order valence-electron chi connectivity index (χ0n) is 17.1. The summed E-state index contributed by atoms with van der Waals surface area (Å²) < 4.78 is 0. The first-order valence-electron chi connectivity index (χ1n) is 10.9. The van der Waals surface area contributed by atoms with Crippen LogP contribution in [0.2, 0.25) is 0 Å². The molecule has 2 nitrogen and oxygen atoms in total. The van der Waals surface area contributed by atoms with E-state index in [1.54, 1.807) is 0 Å². The number of carboxylic acid groups (broad SMARTS) is 1. The van der Waals surface area contributed by atoms with E-state index >= 15 is 0 Å². The Kier molecular flexibility index (Phi) is 20.6. The van der Waals surface area contributed by atoms with Gasteiger partial charge < -0.3 is 5.11 Å². The number of hydrogen-bond acceptors (Lipinski definition) is 1. The number of carbonyl (C=O) groups is 1. The predicted octanol–water partition coefficient (Wildman–Crippen LogP) is 8.00. The van der Waals surface area contributed by atoms with Gasteiger partial charge in [-0.15, -0.1) is 0 Å². The van der Waals surface area contributed by atoms with Crippen molar-refractivity contribution >= 4 is 5.97 Å². The monoisotopic (exact) mass is 362 g/mol. The van der Waals surface area contributed by atoms with Crippen molar-refractivity contribution < 1.29 is 9.90 Å². The quantitative estimate of drug-likeness (QED) is 0.187. The molecule has 150 valence electrons. The van der Waals surface area contributed by atoms with Gasteiger partial charge in [0, 0.05) is 6.42 Å². The molecule has 0 unspecified atom stereocenters. The molecule has 0 rings (SSSR count).